The summed E-state index contributed by atoms with van der Waals surface area (Å²) in [6.07, 6.45) is 4.39. The summed E-state index contributed by atoms with van der Waals surface area (Å²) in [6, 6.07) is 1.94. The van der Waals surface area contributed by atoms with Crippen LogP contribution in [0.4, 0.5) is 10.2 Å². The molecule has 3 heterocycles. The van der Waals surface area contributed by atoms with E-state index < -0.39 is 11.8 Å². The van der Waals surface area contributed by atoms with Gasteiger partial charge in [0.25, 0.3) is 0 Å². The number of hydrogen-bond acceptors (Lipinski definition) is 5. The molecule has 0 unspecified atom stereocenters. The Morgan fingerprint density at radius 1 is 1.39 bits per heavy atom. The number of nitrogens with zero attached hydrogens (tertiary/aromatic N) is 3. The minimum atomic E-state index is -0.967. The maximum atomic E-state index is 13.8. The van der Waals surface area contributed by atoms with Gasteiger partial charge in [0.15, 0.2) is 17.5 Å². The van der Waals surface area contributed by atoms with E-state index in [1.165, 1.54) is 0 Å². The summed E-state index contributed by atoms with van der Waals surface area (Å²) in [5.41, 5.74) is 2.39. The Balaban J connectivity index is 1.95. The molecule has 8 heteroatoms. The van der Waals surface area contributed by atoms with Crippen LogP contribution in [-0.2, 0) is 4.79 Å². The molecule has 0 aliphatic heterocycles. The van der Waals surface area contributed by atoms with E-state index in [1.807, 2.05) is 13.0 Å². The summed E-state index contributed by atoms with van der Waals surface area (Å²) in [4.78, 5) is 26.0. The molecule has 7 nitrogen and oxygen atoms in total. The van der Waals surface area contributed by atoms with Gasteiger partial charge < -0.3 is 15.4 Å². The van der Waals surface area contributed by atoms with Crippen molar-refractivity contribution in [2.45, 2.75) is 13.3 Å². The van der Waals surface area contributed by atoms with Crippen molar-refractivity contribution in [1.82, 2.24) is 19.9 Å². The van der Waals surface area contributed by atoms with Gasteiger partial charge in [-0.25, -0.2) is 19.3 Å². The number of anilines is 1. The molecule has 0 bridgehead atoms. The van der Waals surface area contributed by atoms with Crippen molar-refractivity contribution in [3.63, 3.8) is 0 Å². The van der Waals surface area contributed by atoms with Crippen molar-refractivity contribution < 1.29 is 14.3 Å². The summed E-state index contributed by atoms with van der Waals surface area (Å²) >= 11 is 0. The Morgan fingerprint density at radius 2 is 2.22 bits per heavy atom. The number of fused-ring (bicyclic) bond motifs is 1. The van der Waals surface area contributed by atoms with Crippen LogP contribution in [0.1, 0.15) is 12.0 Å². The number of aromatic amines is 1. The first-order valence-electron chi connectivity index (χ1n) is 6.97. The normalized spacial score (nSPS) is 10.9. The van der Waals surface area contributed by atoms with E-state index in [2.05, 4.69) is 25.3 Å². The molecule has 3 rings (SSSR count). The first-order valence-corrected chi connectivity index (χ1v) is 6.97. The molecule has 3 aromatic heterocycles. The number of carboxylic acids is 1. The van der Waals surface area contributed by atoms with Crippen LogP contribution < -0.4 is 5.32 Å². The number of aliphatic carboxylic acids is 1. The number of rotatable bonds is 5. The molecule has 0 amide bonds. The SMILES string of the molecule is Cc1cnc2[nH]cc(-c3ncc(F)c(NCCC(=O)O)n3)c2c1. The molecule has 118 valence electrons. The highest BCUT2D eigenvalue weighted by Crippen LogP contribution is 2.26. The van der Waals surface area contributed by atoms with Crippen LogP contribution in [0, 0.1) is 12.7 Å². The van der Waals surface area contributed by atoms with Crippen LogP contribution in [0.25, 0.3) is 22.4 Å². The van der Waals surface area contributed by atoms with Gasteiger partial charge in [0.2, 0.25) is 0 Å². The largest absolute Gasteiger partial charge is 0.481 e. The fraction of sp³-hybridized carbons (Fsp3) is 0.200. The third-order valence-electron chi connectivity index (χ3n) is 3.28. The van der Waals surface area contributed by atoms with Gasteiger partial charge in [-0.1, -0.05) is 0 Å². The van der Waals surface area contributed by atoms with Crippen LogP contribution >= 0.6 is 0 Å². The van der Waals surface area contributed by atoms with Gasteiger partial charge in [0, 0.05) is 29.9 Å². The third kappa shape index (κ3) is 3.10. The molecular formula is C15H14FN5O2. The molecule has 23 heavy (non-hydrogen) atoms. The number of H-pyrrole nitrogens is 1. The van der Waals surface area contributed by atoms with Gasteiger partial charge in [0.05, 0.1) is 12.6 Å². The van der Waals surface area contributed by atoms with Crippen LogP contribution in [0.15, 0.2) is 24.7 Å². The van der Waals surface area contributed by atoms with Crippen LogP contribution in [0.3, 0.4) is 0 Å². The molecule has 0 aromatic carbocycles. The Hall–Kier alpha value is -3.03. The lowest BCUT2D eigenvalue weighted by Gasteiger charge is -2.06. The second-order valence-corrected chi connectivity index (χ2v) is 5.07. The van der Waals surface area contributed by atoms with E-state index in [-0.39, 0.29) is 18.8 Å². The van der Waals surface area contributed by atoms with E-state index in [4.69, 9.17) is 5.11 Å². The minimum Gasteiger partial charge on any atom is -0.481 e. The maximum absolute atomic E-state index is 13.8. The van der Waals surface area contributed by atoms with E-state index in [9.17, 15) is 9.18 Å². The van der Waals surface area contributed by atoms with Crippen LogP contribution in [0.5, 0.6) is 0 Å². The lowest BCUT2D eigenvalue weighted by Crippen LogP contribution is -2.10. The number of halogens is 1. The number of pyridine rings is 1. The first kappa shape index (κ1) is 14.9. The van der Waals surface area contributed by atoms with Gasteiger partial charge in [-0.2, -0.15) is 0 Å². The average Bonchev–Trinajstić information content (AvgIpc) is 2.92. The number of nitrogens with one attached hydrogen (secondary N) is 2. The molecule has 3 N–H and O–H groups in total. The van der Waals surface area contributed by atoms with E-state index in [0.717, 1.165) is 17.1 Å². The van der Waals surface area contributed by atoms with Crippen molar-refractivity contribution in [3.05, 3.63) is 36.0 Å². The third-order valence-corrected chi connectivity index (χ3v) is 3.28. The average molecular weight is 315 g/mol. The molecule has 3 aromatic rings. The number of aromatic nitrogens is 4. The minimum absolute atomic E-state index is 0.0220. The van der Waals surface area contributed by atoms with Crippen molar-refractivity contribution >= 4 is 22.8 Å². The quantitative estimate of drug-likeness (QED) is 0.667. The summed E-state index contributed by atoms with van der Waals surface area (Å²) in [5.74, 6) is -1.28. The van der Waals surface area contributed by atoms with E-state index in [1.54, 1.807) is 12.4 Å². The Morgan fingerprint density at radius 3 is 3.00 bits per heavy atom. The Kier molecular flexibility index (Phi) is 3.88. The zero-order valence-corrected chi connectivity index (χ0v) is 12.3. The predicted molar refractivity (Wildman–Crippen MR) is 82.6 cm³/mol. The number of carboxylic acid groups (broad SMARTS) is 1. The van der Waals surface area contributed by atoms with Gasteiger partial charge in [-0.15, -0.1) is 0 Å². The van der Waals surface area contributed by atoms with E-state index in [0.29, 0.717) is 17.0 Å². The Labute approximate surface area is 130 Å². The maximum Gasteiger partial charge on any atom is 0.305 e. The summed E-state index contributed by atoms with van der Waals surface area (Å²) < 4.78 is 13.8. The second-order valence-electron chi connectivity index (χ2n) is 5.07. The molecule has 0 atom stereocenters. The highest BCUT2D eigenvalue weighted by molar-refractivity contribution is 5.92. The topological polar surface area (TPSA) is 104 Å². The molecule has 0 aliphatic carbocycles. The van der Waals surface area contributed by atoms with E-state index >= 15 is 0 Å². The molecular weight excluding hydrogens is 301 g/mol. The zero-order valence-electron chi connectivity index (χ0n) is 12.3. The molecule has 0 radical (unpaired) electrons. The molecule has 0 aliphatic rings. The number of hydrogen-bond donors (Lipinski definition) is 3. The zero-order chi connectivity index (χ0) is 16.4. The number of carbonyl (C=O) groups is 1. The van der Waals surface area contributed by atoms with Crippen molar-refractivity contribution in [2.24, 2.45) is 0 Å². The monoisotopic (exact) mass is 315 g/mol. The van der Waals surface area contributed by atoms with Crippen LogP contribution in [-0.4, -0.2) is 37.6 Å². The smallest absolute Gasteiger partial charge is 0.305 e. The summed E-state index contributed by atoms with van der Waals surface area (Å²) in [7, 11) is 0. The summed E-state index contributed by atoms with van der Waals surface area (Å²) in [6.45, 7) is 2.00. The number of aryl methyl sites for hydroxylation is 1. The second kappa shape index (κ2) is 5.99. The molecule has 0 saturated carbocycles. The lowest BCUT2D eigenvalue weighted by molar-refractivity contribution is -0.136. The van der Waals surface area contributed by atoms with Crippen molar-refractivity contribution in [1.29, 1.82) is 0 Å². The molecule has 0 fully saturated rings. The van der Waals surface area contributed by atoms with Gasteiger partial charge in [-0.05, 0) is 18.6 Å². The molecule has 0 spiro atoms. The molecule has 0 saturated heterocycles. The lowest BCUT2D eigenvalue weighted by atomic mass is 10.1. The van der Waals surface area contributed by atoms with Crippen molar-refractivity contribution in [3.8, 4) is 11.4 Å². The fourth-order valence-corrected chi connectivity index (χ4v) is 2.20. The fourth-order valence-electron chi connectivity index (χ4n) is 2.20. The standard InChI is InChI=1S/C15H14FN5O2/c1-8-4-9-10(6-19-13(9)18-5-8)14-20-7-11(16)15(21-14)17-3-2-12(22)23/h4-7H,2-3H2,1H3,(H,18,19)(H,22,23)(H,17,20,21). The van der Waals surface area contributed by atoms with Crippen LogP contribution in [0.2, 0.25) is 0 Å². The highest BCUT2D eigenvalue weighted by atomic mass is 19.1. The first-order chi connectivity index (χ1) is 11.0. The Bertz CT molecular complexity index is 877. The predicted octanol–water partition coefficient (Wildman–Crippen LogP) is 2.35. The highest BCUT2D eigenvalue weighted by Gasteiger charge is 2.13. The van der Waals surface area contributed by atoms with Gasteiger partial charge in [0.1, 0.15) is 5.65 Å². The van der Waals surface area contributed by atoms with Crippen molar-refractivity contribution in [2.75, 3.05) is 11.9 Å². The van der Waals surface area contributed by atoms with Gasteiger partial charge in [-0.3, -0.25) is 4.79 Å². The summed E-state index contributed by atoms with van der Waals surface area (Å²) in [5, 5.41) is 12.1. The van der Waals surface area contributed by atoms with Gasteiger partial charge >= 0.3 is 5.97 Å².